The van der Waals surface area contributed by atoms with E-state index >= 15 is 0 Å². The summed E-state index contributed by atoms with van der Waals surface area (Å²) in [6.07, 6.45) is 4.73. The van der Waals surface area contributed by atoms with Crippen LogP contribution in [0.4, 0.5) is 5.82 Å². The number of aryl methyl sites for hydroxylation is 1. The normalized spacial score (nSPS) is 19.3. The number of aromatic nitrogens is 3. The van der Waals surface area contributed by atoms with E-state index in [1.54, 1.807) is 6.20 Å². The number of piperidine rings is 1. The van der Waals surface area contributed by atoms with Crippen LogP contribution in [0.3, 0.4) is 0 Å². The second kappa shape index (κ2) is 5.58. The van der Waals surface area contributed by atoms with Crippen LogP contribution in [0.15, 0.2) is 22.9 Å². The summed E-state index contributed by atoms with van der Waals surface area (Å²) in [6.45, 7) is 3.84. The molecule has 0 radical (unpaired) electrons. The molecule has 1 unspecified atom stereocenters. The number of anilines is 1. The molecule has 6 heteroatoms. The van der Waals surface area contributed by atoms with Gasteiger partial charge in [0.1, 0.15) is 5.82 Å². The van der Waals surface area contributed by atoms with E-state index < -0.39 is 0 Å². The Morgan fingerprint density at radius 2 is 2.40 bits per heavy atom. The van der Waals surface area contributed by atoms with E-state index in [9.17, 15) is 0 Å². The molecule has 3 rings (SSSR count). The Bertz CT molecular complexity index is 582. The first kappa shape index (κ1) is 13.1. The first-order valence-electron chi connectivity index (χ1n) is 7.06. The predicted molar refractivity (Wildman–Crippen MR) is 76.3 cm³/mol. The quantitative estimate of drug-likeness (QED) is 0.915. The van der Waals surface area contributed by atoms with Crippen molar-refractivity contribution in [1.29, 1.82) is 0 Å². The molecule has 3 heterocycles. The van der Waals surface area contributed by atoms with Crippen molar-refractivity contribution in [3.05, 3.63) is 24.2 Å². The van der Waals surface area contributed by atoms with Gasteiger partial charge in [-0.1, -0.05) is 12.1 Å². The van der Waals surface area contributed by atoms with Crippen LogP contribution in [0.1, 0.15) is 25.6 Å². The molecule has 106 valence electrons. The molecule has 6 nitrogen and oxygen atoms in total. The van der Waals surface area contributed by atoms with E-state index in [4.69, 9.17) is 10.3 Å². The SMILES string of the molecule is CCc1noc(-c2ccnc(N3CCCC(N)C3)c2)n1. The summed E-state index contributed by atoms with van der Waals surface area (Å²) in [5.41, 5.74) is 6.93. The van der Waals surface area contributed by atoms with Gasteiger partial charge in [0, 0.05) is 37.3 Å². The molecule has 2 N–H and O–H groups in total. The zero-order valence-electron chi connectivity index (χ0n) is 11.6. The Morgan fingerprint density at radius 1 is 1.50 bits per heavy atom. The minimum atomic E-state index is 0.226. The molecule has 2 aromatic heterocycles. The minimum absolute atomic E-state index is 0.226. The molecule has 0 spiro atoms. The zero-order valence-corrected chi connectivity index (χ0v) is 11.6. The van der Waals surface area contributed by atoms with Crippen molar-refractivity contribution in [3.8, 4) is 11.5 Å². The summed E-state index contributed by atoms with van der Waals surface area (Å²) in [4.78, 5) is 11.0. The van der Waals surface area contributed by atoms with Gasteiger partial charge in [-0.25, -0.2) is 4.98 Å². The van der Waals surface area contributed by atoms with Crippen molar-refractivity contribution in [2.24, 2.45) is 5.73 Å². The lowest BCUT2D eigenvalue weighted by molar-refractivity contribution is 0.423. The molecular formula is C14H19N5O. The third-order valence-electron chi connectivity index (χ3n) is 3.56. The molecule has 1 fully saturated rings. The van der Waals surface area contributed by atoms with Crippen LogP contribution in [-0.4, -0.2) is 34.3 Å². The highest BCUT2D eigenvalue weighted by molar-refractivity contribution is 5.58. The summed E-state index contributed by atoms with van der Waals surface area (Å²) in [6, 6.07) is 4.11. The molecule has 0 saturated carbocycles. The van der Waals surface area contributed by atoms with E-state index in [-0.39, 0.29) is 6.04 Å². The van der Waals surface area contributed by atoms with Crippen molar-refractivity contribution in [2.45, 2.75) is 32.2 Å². The Balaban J connectivity index is 1.85. The van der Waals surface area contributed by atoms with Crippen LogP contribution in [0, 0.1) is 0 Å². The number of hydrogen-bond acceptors (Lipinski definition) is 6. The molecule has 0 amide bonds. The molecule has 1 aliphatic rings. The molecule has 1 aliphatic heterocycles. The second-order valence-electron chi connectivity index (χ2n) is 5.12. The topological polar surface area (TPSA) is 81.1 Å². The highest BCUT2D eigenvalue weighted by Crippen LogP contribution is 2.23. The molecule has 2 aromatic rings. The van der Waals surface area contributed by atoms with Gasteiger partial charge in [-0.15, -0.1) is 0 Å². The number of nitrogens with two attached hydrogens (primary N) is 1. The van der Waals surface area contributed by atoms with E-state index in [1.807, 2.05) is 19.1 Å². The van der Waals surface area contributed by atoms with Gasteiger partial charge >= 0.3 is 0 Å². The van der Waals surface area contributed by atoms with Crippen molar-refractivity contribution in [1.82, 2.24) is 15.1 Å². The summed E-state index contributed by atoms with van der Waals surface area (Å²) in [7, 11) is 0. The van der Waals surface area contributed by atoms with Gasteiger partial charge in [-0.3, -0.25) is 0 Å². The second-order valence-corrected chi connectivity index (χ2v) is 5.12. The van der Waals surface area contributed by atoms with Gasteiger partial charge in [0.05, 0.1) is 0 Å². The molecule has 0 bridgehead atoms. The fraction of sp³-hybridized carbons (Fsp3) is 0.500. The lowest BCUT2D eigenvalue weighted by atomic mass is 10.1. The molecular weight excluding hydrogens is 254 g/mol. The Morgan fingerprint density at radius 3 is 3.15 bits per heavy atom. The smallest absolute Gasteiger partial charge is 0.258 e. The first-order valence-corrected chi connectivity index (χ1v) is 7.06. The van der Waals surface area contributed by atoms with Crippen molar-refractivity contribution >= 4 is 5.82 Å². The van der Waals surface area contributed by atoms with Gasteiger partial charge in [0.25, 0.3) is 5.89 Å². The van der Waals surface area contributed by atoms with Crippen LogP contribution in [-0.2, 0) is 6.42 Å². The van der Waals surface area contributed by atoms with Gasteiger partial charge in [0.2, 0.25) is 0 Å². The van der Waals surface area contributed by atoms with Gasteiger partial charge in [-0.05, 0) is 25.0 Å². The molecule has 20 heavy (non-hydrogen) atoms. The van der Waals surface area contributed by atoms with Crippen molar-refractivity contribution < 1.29 is 4.52 Å². The summed E-state index contributed by atoms with van der Waals surface area (Å²) in [5.74, 6) is 2.19. The number of pyridine rings is 1. The molecule has 0 aliphatic carbocycles. The predicted octanol–water partition coefficient (Wildman–Crippen LogP) is 1.62. The van der Waals surface area contributed by atoms with E-state index in [2.05, 4.69) is 20.0 Å². The largest absolute Gasteiger partial charge is 0.355 e. The summed E-state index contributed by atoms with van der Waals surface area (Å²) < 4.78 is 5.27. The average molecular weight is 273 g/mol. The van der Waals surface area contributed by atoms with Crippen LogP contribution in [0.5, 0.6) is 0 Å². The molecule has 1 saturated heterocycles. The number of hydrogen-bond donors (Lipinski definition) is 1. The van der Waals surface area contributed by atoms with Gasteiger partial charge < -0.3 is 15.2 Å². The highest BCUT2D eigenvalue weighted by atomic mass is 16.5. The maximum Gasteiger partial charge on any atom is 0.258 e. The maximum absolute atomic E-state index is 6.02. The average Bonchev–Trinajstić information content (AvgIpc) is 2.96. The number of nitrogens with zero attached hydrogens (tertiary/aromatic N) is 4. The van der Waals surface area contributed by atoms with E-state index in [0.717, 1.165) is 49.6 Å². The van der Waals surface area contributed by atoms with Crippen LogP contribution >= 0.6 is 0 Å². The van der Waals surface area contributed by atoms with E-state index in [1.165, 1.54) is 0 Å². The third kappa shape index (κ3) is 2.65. The summed E-state index contributed by atoms with van der Waals surface area (Å²) in [5, 5.41) is 3.93. The Labute approximate surface area is 118 Å². The Hall–Kier alpha value is -1.95. The van der Waals surface area contributed by atoms with E-state index in [0.29, 0.717) is 5.89 Å². The molecule has 0 aromatic carbocycles. The summed E-state index contributed by atoms with van der Waals surface area (Å²) >= 11 is 0. The zero-order chi connectivity index (χ0) is 13.9. The fourth-order valence-corrected chi connectivity index (χ4v) is 2.46. The maximum atomic E-state index is 6.02. The monoisotopic (exact) mass is 273 g/mol. The van der Waals surface area contributed by atoms with Gasteiger partial charge in [-0.2, -0.15) is 4.98 Å². The van der Waals surface area contributed by atoms with Crippen LogP contribution in [0.25, 0.3) is 11.5 Å². The molecule has 1 atom stereocenters. The standard InChI is InChI=1S/C14H19N5O/c1-2-12-17-14(20-18-12)10-5-6-16-13(8-10)19-7-3-4-11(15)9-19/h5-6,8,11H,2-4,7,9,15H2,1H3. The van der Waals surface area contributed by atoms with Crippen molar-refractivity contribution in [2.75, 3.05) is 18.0 Å². The number of rotatable bonds is 3. The highest BCUT2D eigenvalue weighted by Gasteiger charge is 2.18. The lowest BCUT2D eigenvalue weighted by Crippen LogP contribution is -2.43. The lowest BCUT2D eigenvalue weighted by Gasteiger charge is -2.31. The Kier molecular flexibility index (Phi) is 3.64. The fourth-order valence-electron chi connectivity index (χ4n) is 2.46. The minimum Gasteiger partial charge on any atom is -0.355 e. The van der Waals surface area contributed by atoms with Gasteiger partial charge in [0.15, 0.2) is 5.82 Å². The third-order valence-corrected chi connectivity index (χ3v) is 3.56. The van der Waals surface area contributed by atoms with Crippen molar-refractivity contribution in [3.63, 3.8) is 0 Å². The van der Waals surface area contributed by atoms with Crippen LogP contribution < -0.4 is 10.6 Å². The van der Waals surface area contributed by atoms with Crippen LogP contribution in [0.2, 0.25) is 0 Å². The first-order chi connectivity index (χ1) is 9.76.